The van der Waals surface area contributed by atoms with Gasteiger partial charge in [-0.2, -0.15) is 5.26 Å². The molecule has 0 saturated heterocycles. The fraction of sp³-hybridized carbons (Fsp3) is 0.0714. The maximum Gasteiger partial charge on any atom is 0.168 e. The molecule has 1 aromatic carbocycles. The van der Waals surface area contributed by atoms with Crippen LogP contribution in [0.3, 0.4) is 0 Å². The van der Waals surface area contributed by atoms with Gasteiger partial charge in [-0.1, -0.05) is 12.1 Å². The van der Waals surface area contributed by atoms with E-state index in [1.54, 1.807) is 23.9 Å². The van der Waals surface area contributed by atoms with Crippen molar-refractivity contribution in [3.8, 4) is 17.5 Å². The third-order valence-corrected chi connectivity index (χ3v) is 3.63. The van der Waals surface area contributed by atoms with E-state index in [2.05, 4.69) is 28.4 Å². The summed E-state index contributed by atoms with van der Waals surface area (Å²) < 4.78 is 1.88. The maximum atomic E-state index is 8.87. The number of hydrogen-bond acceptors (Lipinski definition) is 4. The van der Waals surface area contributed by atoms with Crippen molar-refractivity contribution in [2.45, 2.75) is 4.90 Å². The molecule has 3 rings (SSSR count). The quantitative estimate of drug-likeness (QED) is 0.669. The van der Waals surface area contributed by atoms with Gasteiger partial charge in [-0.25, -0.2) is 0 Å². The highest BCUT2D eigenvalue weighted by atomic mass is 32.2. The summed E-state index contributed by atoms with van der Waals surface area (Å²) in [6.45, 7) is 0. The summed E-state index contributed by atoms with van der Waals surface area (Å²) in [6, 6.07) is 13.8. The average Bonchev–Trinajstić information content (AvgIpc) is 2.90. The van der Waals surface area contributed by atoms with E-state index in [4.69, 9.17) is 5.26 Å². The van der Waals surface area contributed by atoms with Gasteiger partial charge < -0.3 is 0 Å². The molecule has 0 bridgehead atoms. The van der Waals surface area contributed by atoms with Crippen molar-refractivity contribution in [1.82, 2.24) is 14.6 Å². The summed E-state index contributed by atoms with van der Waals surface area (Å²) in [6.07, 6.45) is 3.87. The van der Waals surface area contributed by atoms with Gasteiger partial charge in [0.1, 0.15) is 0 Å². The molecule has 2 aromatic heterocycles. The Morgan fingerprint density at radius 3 is 2.63 bits per heavy atom. The maximum absolute atomic E-state index is 8.87. The van der Waals surface area contributed by atoms with E-state index in [-0.39, 0.29) is 0 Å². The molecule has 92 valence electrons. The number of rotatable bonds is 2. The fourth-order valence-corrected chi connectivity index (χ4v) is 2.31. The van der Waals surface area contributed by atoms with Gasteiger partial charge in [0, 0.05) is 22.7 Å². The molecule has 0 aliphatic rings. The summed E-state index contributed by atoms with van der Waals surface area (Å²) in [4.78, 5) is 1.21. The number of nitriles is 1. The second-order valence-corrected chi connectivity index (χ2v) is 4.89. The van der Waals surface area contributed by atoms with Crippen LogP contribution in [-0.2, 0) is 0 Å². The highest BCUT2D eigenvalue weighted by Gasteiger charge is 2.08. The van der Waals surface area contributed by atoms with Crippen LogP contribution >= 0.6 is 11.8 Å². The van der Waals surface area contributed by atoms with Gasteiger partial charge in [-0.3, -0.25) is 4.40 Å². The highest BCUT2D eigenvalue weighted by molar-refractivity contribution is 7.98. The molecule has 0 aliphatic carbocycles. The Bertz CT molecular complexity index is 768. The molecule has 0 fully saturated rings. The largest absolute Gasteiger partial charge is 0.282 e. The lowest BCUT2D eigenvalue weighted by Gasteiger charge is -2.01. The minimum Gasteiger partial charge on any atom is -0.282 e. The van der Waals surface area contributed by atoms with Gasteiger partial charge in [-0.15, -0.1) is 22.0 Å². The molecule has 19 heavy (non-hydrogen) atoms. The Kier molecular flexibility index (Phi) is 2.94. The third-order valence-electron chi connectivity index (χ3n) is 2.89. The number of fused-ring (bicyclic) bond motifs is 1. The van der Waals surface area contributed by atoms with Crippen LogP contribution in [-0.4, -0.2) is 20.9 Å². The van der Waals surface area contributed by atoms with Crippen LogP contribution in [0.5, 0.6) is 0 Å². The first kappa shape index (κ1) is 11.8. The zero-order chi connectivity index (χ0) is 13.2. The molecule has 0 amide bonds. The molecular formula is C14H10N4S. The Morgan fingerprint density at radius 2 is 1.95 bits per heavy atom. The van der Waals surface area contributed by atoms with E-state index in [0.29, 0.717) is 11.2 Å². The zero-order valence-corrected chi connectivity index (χ0v) is 11.1. The summed E-state index contributed by atoms with van der Waals surface area (Å²) in [7, 11) is 0. The van der Waals surface area contributed by atoms with E-state index in [9.17, 15) is 0 Å². The molecule has 0 spiro atoms. The number of nitrogens with zero attached hydrogens (tertiary/aromatic N) is 4. The lowest BCUT2D eigenvalue weighted by atomic mass is 10.2. The molecule has 0 radical (unpaired) electrons. The van der Waals surface area contributed by atoms with Crippen LogP contribution in [0.25, 0.3) is 17.0 Å². The molecule has 0 unspecified atom stereocenters. The first-order valence-electron chi connectivity index (χ1n) is 5.71. The molecule has 5 heteroatoms. The van der Waals surface area contributed by atoms with E-state index < -0.39 is 0 Å². The van der Waals surface area contributed by atoms with Crippen molar-refractivity contribution in [3.05, 3.63) is 48.2 Å². The molecular weight excluding hydrogens is 256 g/mol. The van der Waals surface area contributed by atoms with Gasteiger partial charge in [0.2, 0.25) is 0 Å². The number of benzene rings is 1. The monoisotopic (exact) mass is 266 g/mol. The summed E-state index contributed by atoms with van der Waals surface area (Å²) in [5.41, 5.74) is 2.28. The minimum absolute atomic E-state index is 0.587. The summed E-state index contributed by atoms with van der Waals surface area (Å²) >= 11 is 1.70. The van der Waals surface area contributed by atoms with Gasteiger partial charge in [0.15, 0.2) is 11.5 Å². The summed E-state index contributed by atoms with van der Waals surface area (Å²) in [5.74, 6) is 0.784. The van der Waals surface area contributed by atoms with Gasteiger partial charge in [-0.05, 0) is 24.5 Å². The number of pyridine rings is 1. The molecule has 4 nitrogen and oxygen atoms in total. The van der Waals surface area contributed by atoms with Crippen LogP contribution in [0.2, 0.25) is 0 Å². The predicted octanol–water partition coefficient (Wildman–Crippen LogP) is 2.99. The van der Waals surface area contributed by atoms with Gasteiger partial charge in [0.05, 0.1) is 11.6 Å². The molecule has 0 atom stereocenters. The van der Waals surface area contributed by atoms with Crippen LogP contribution in [0.1, 0.15) is 5.56 Å². The Hall–Kier alpha value is -2.32. The van der Waals surface area contributed by atoms with Crippen LogP contribution in [0.4, 0.5) is 0 Å². The lowest BCUT2D eigenvalue weighted by Crippen LogP contribution is -1.89. The van der Waals surface area contributed by atoms with Crippen LogP contribution in [0.15, 0.2) is 47.5 Å². The van der Waals surface area contributed by atoms with Crippen molar-refractivity contribution in [2.75, 3.05) is 6.26 Å². The third kappa shape index (κ3) is 2.07. The van der Waals surface area contributed by atoms with Crippen molar-refractivity contribution in [2.24, 2.45) is 0 Å². The van der Waals surface area contributed by atoms with Crippen LogP contribution in [0, 0.1) is 11.3 Å². The molecule has 2 heterocycles. The van der Waals surface area contributed by atoms with Crippen molar-refractivity contribution < 1.29 is 0 Å². The number of hydrogen-bond donors (Lipinski definition) is 0. The molecule has 3 aromatic rings. The topological polar surface area (TPSA) is 54.0 Å². The molecule has 0 aliphatic heterocycles. The van der Waals surface area contributed by atoms with Crippen LogP contribution < -0.4 is 0 Å². The Balaban J connectivity index is 2.12. The molecule has 0 N–H and O–H groups in total. The van der Waals surface area contributed by atoms with Crippen molar-refractivity contribution in [1.29, 1.82) is 5.26 Å². The SMILES string of the molecule is CSc1ccc(-c2nnc3cc(C#N)ccn23)cc1. The van der Waals surface area contributed by atoms with Crippen molar-refractivity contribution in [3.63, 3.8) is 0 Å². The molecule has 0 saturated carbocycles. The predicted molar refractivity (Wildman–Crippen MR) is 74.9 cm³/mol. The number of thioether (sulfide) groups is 1. The second kappa shape index (κ2) is 4.75. The smallest absolute Gasteiger partial charge is 0.168 e. The summed E-state index contributed by atoms with van der Waals surface area (Å²) in [5, 5.41) is 17.2. The second-order valence-electron chi connectivity index (χ2n) is 4.01. The van der Waals surface area contributed by atoms with E-state index in [1.165, 1.54) is 4.90 Å². The first-order chi connectivity index (χ1) is 9.31. The minimum atomic E-state index is 0.587. The Morgan fingerprint density at radius 1 is 1.16 bits per heavy atom. The normalized spacial score (nSPS) is 10.5. The van der Waals surface area contributed by atoms with E-state index >= 15 is 0 Å². The van der Waals surface area contributed by atoms with Gasteiger partial charge >= 0.3 is 0 Å². The lowest BCUT2D eigenvalue weighted by molar-refractivity contribution is 1.11. The standard InChI is InChI=1S/C14H10N4S/c1-19-12-4-2-11(3-5-12)14-17-16-13-8-10(9-15)6-7-18(13)14/h2-8H,1H3. The Labute approximate surface area is 114 Å². The fourth-order valence-electron chi connectivity index (χ4n) is 1.90. The first-order valence-corrected chi connectivity index (χ1v) is 6.93. The van der Waals surface area contributed by atoms with E-state index in [0.717, 1.165) is 11.4 Å². The zero-order valence-electron chi connectivity index (χ0n) is 10.2. The number of aromatic nitrogens is 3. The average molecular weight is 266 g/mol. The van der Waals surface area contributed by atoms with Gasteiger partial charge in [0.25, 0.3) is 0 Å². The van der Waals surface area contributed by atoms with Crippen molar-refractivity contribution >= 4 is 17.4 Å². The van der Waals surface area contributed by atoms with E-state index in [1.807, 2.05) is 29.0 Å². The highest BCUT2D eigenvalue weighted by Crippen LogP contribution is 2.22.